The molecule has 1 N–H and O–H groups in total. The molecule has 0 bridgehead atoms. The van der Waals surface area contributed by atoms with Crippen molar-refractivity contribution in [1.82, 2.24) is 0 Å². The van der Waals surface area contributed by atoms with E-state index >= 15 is 0 Å². The Bertz CT molecular complexity index is 113. The van der Waals surface area contributed by atoms with Gasteiger partial charge >= 0.3 is 0 Å². The first-order chi connectivity index (χ1) is 5.34. The zero-order valence-electron chi connectivity index (χ0n) is 8.92. The summed E-state index contributed by atoms with van der Waals surface area (Å²) in [5.41, 5.74) is -0.0724. The number of rotatable bonds is 4. The summed E-state index contributed by atoms with van der Waals surface area (Å²) in [5, 5.41) is 9.57. The summed E-state index contributed by atoms with van der Waals surface area (Å²) in [4.78, 5) is 0. The van der Waals surface area contributed by atoms with E-state index in [1.165, 1.54) is 0 Å². The second-order valence-corrected chi connectivity index (χ2v) is 4.81. The molecular weight excluding hydrogens is 152 g/mol. The summed E-state index contributed by atoms with van der Waals surface area (Å²) in [7, 11) is 0. The molecule has 1 unspecified atom stereocenters. The highest BCUT2D eigenvalue weighted by atomic mass is 16.5. The lowest BCUT2D eigenvalue weighted by molar-refractivity contribution is -0.0265. The van der Waals surface area contributed by atoms with Gasteiger partial charge in [-0.2, -0.15) is 0 Å². The van der Waals surface area contributed by atoms with Crippen LogP contribution in [0.25, 0.3) is 0 Å². The molecule has 0 aromatic rings. The van der Waals surface area contributed by atoms with E-state index in [0.29, 0.717) is 12.5 Å². The fourth-order valence-electron chi connectivity index (χ4n) is 0.665. The monoisotopic (exact) mass is 174 g/mol. The fraction of sp³-hybridized carbons (Fsp3) is 1.00. The minimum atomic E-state index is -0.365. The van der Waals surface area contributed by atoms with E-state index in [0.717, 1.165) is 6.61 Å². The maximum absolute atomic E-state index is 9.57. The van der Waals surface area contributed by atoms with Crippen molar-refractivity contribution >= 4 is 0 Å². The van der Waals surface area contributed by atoms with Crippen LogP contribution in [0.2, 0.25) is 0 Å². The molecule has 0 aliphatic heterocycles. The second-order valence-electron chi connectivity index (χ2n) is 4.81. The molecule has 74 valence electrons. The lowest BCUT2D eigenvalue weighted by Gasteiger charge is -2.25. The van der Waals surface area contributed by atoms with Crippen molar-refractivity contribution < 1.29 is 9.84 Å². The normalized spacial score (nSPS) is 15.2. The number of aliphatic hydroxyl groups is 1. The highest BCUT2D eigenvalue weighted by molar-refractivity contribution is 4.71. The summed E-state index contributed by atoms with van der Waals surface area (Å²) in [6.07, 6.45) is -0.365. The second kappa shape index (κ2) is 4.83. The molecule has 0 aromatic heterocycles. The zero-order valence-corrected chi connectivity index (χ0v) is 8.92. The average molecular weight is 174 g/mol. The van der Waals surface area contributed by atoms with E-state index in [9.17, 15) is 5.11 Å². The number of hydrogen-bond acceptors (Lipinski definition) is 2. The number of ether oxygens (including phenoxy) is 1. The lowest BCUT2D eigenvalue weighted by atomic mass is 9.90. The van der Waals surface area contributed by atoms with Crippen molar-refractivity contribution in [2.45, 2.75) is 40.7 Å². The first-order valence-electron chi connectivity index (χ1n) is 4.60. The predicted molar refractivity (Wildman–Crippen MR) is 51.1 cm³/mol. The van der Waals surface area contributed by atoms with Crippen LogP contribution in [0.4, 0.5) is 0 Å². The molecule has 0 rings (SSSR count). The Morgan fingerprint density at radius 1 is 1.17 bits per heavy atom. The summed E-state index contributed by atoms with van der Waals surface area (Å²) in [5.74, 6) is 0.539. The zero-order chi connectivity index (χ0) is 9.78. The molecule has 2 nitrogen and oxygen atoms in total. The van der Waals surface area contributed by atoms with E-state index in [1.807, 2.05) is 20.8 Å². The summed E-state index contributed by atoms with van der Waals surface area (Å²) in [6, 6.07) is 0. The number of hydrogen-bond donors (Lipinski definition) is 1. The summed E-state index contributed by atoms with van der Waals surface area (Å²) < 4.78 is 5.33. The van der Waals surface area contributed by atoms with Crippen LogP contribution < -0.4 is 0 Å². The molecule has 12 heavy (non-hydrogen) atoms. The molecule has 0 amide bonds. The molecule has 0 aromatic carbocycles. The Morgan fingerprint density at radius 2 is 1.67 bits per heavy atom. The van der Waals surface area contributed by atoms with Crippen LogP contribution in [0.5, 0.6) is 0 Å². The highest BCUT2D eigenvalue weighted by Crippen LogP contribution is 2.19. The topological polar surface area (TPSA) is 29.5 Å². The van der Waals surface area contributed by atoms with Crippen molar-refractivity contribution in [3.63, 3.8) is 0 Å². The molecular formula is C10H22O2. The molecule has 0 fully saturated rings. The van der Waals surface area contributed by atoms with Gasteiger partial charge in [-0.1, -0.05) is 34.6 Å². The summed E-state index contributed by atoms with van der Waals surface area (Å²) in [6.45, 7) is 11.4. The number of aliphatic hydroxyl groups excluding tert-OH is 1. The largest absolute Gasteiger partial charge is 0.390 e. The van der Waals surface area contributed by atoms with Crippen molar-refractivity contribution in [3.05, 3.63) is 0 Å². The molecule has 0 aliphatic carbocycles. The third-order valence-electron chi connectivity index (χ3n) is 1.73. The molecule has 0 heterocycles. The quantitative estimate of drug-likeness (QED) is 0.707. The van der Waals surface area contributed by atoms with Gasteiger partial charge in [0.1, 0.15) is 0 Å². The molecule has 0 saturated carbocycles. The molecule has 2 heteroatoms. The van der Waals surface area contributed by atoms with Crippen molar-refractivity contribution in [2.75, 3.05) is 13.2 Å². The van der Waals surface area contributed by atoms with Crippen molar-refractivity contribution in [2.24, 2.45) is 11.3 Å². The van der Waals surface area contributed by atoms with Gasteiger partial charge in [-0.15, -0.1) is 0 Å². The Labute approximate surface area is 75.9 Å². The summed E-state index contributed by atoms with van der Waals surface area (Å²) >= 11 is 0. The van der Waals surface area contributed by atoms with Gasteiger partial charge in [0, 0.05) is 6.61 Å². The van der Waals surface area contributed by atoms with Crippen LogP contribution in [0.15, 0.2) is 0 Å². The van der Waals surface area contributed by atoms with Gasteiger partial charge in [-0.05, 0) is 11.3 Å². The van der Waals surface area contributed by atoms with Crippen LogP contribution in [0.3, 0.4) is 0 Å². The fourth-order valence-corrected chi connectivity index (χ4v) is 0.665. The lowest BCUT2D eigenvalue weighted by Crippen LogP contribution is -2.31. The maximum atomic E-state index is 9.57. The Morgan fingerprint density at radius 3 is 2.00 bits per heavy atom. The molecule has 0 spiro atoms. The Hall–Kier alpha value is -0.0800. The van der Waals surface area contributed by atoms with Crippen LogP contribution >= 0.6 is 0 Å². The van der Waals surface area contributed by atoms with Crippen molar-refractivity contribution in [3.8, 4) is 0 Å². The van der Waals surface area contributed by atoms with E-state index in [4.69, 9.17) is 4.74 Å². The molecule has 0 aliphatic rings. The first-order valence-corrected chi connectivity index (χ1v) is 4.60. The van der Waals surface area contributed by atoms with Crippen LogP contribution in [-0.2, 0) is 4.74 Å². The van der Waals surface area contributed by atoms with Gasteiger partial charge in [0.05, 0.1) is 12.7 Å². The van der Waals surface area contributed by atoms with E-state index < -0.39 is 0 Å². The standard InChI is InChI=1S/C10H22O2/c1-8(2)6-12-7-9(11)10(3,4)5/h8-9,11H,6-7H2,1-5H3. The SMILES string of the molecule is CC(C)COCC(O)C(C)(C)C. The Balaban J connectivity index is 3.51. The minimum Gasteiger partial charge on any atom is -0.390 e. The maximum Gasteiger partial charge on any atom is 0.0821 e. The molecule has 1 atom stereocenters. The van der Waals surface area contributed by atoms with Crippen LogP contribution in [0.1, 0.15) is 34.6 Å². The van der Waals surface area contributed by atoms with E-state index in [-0.39, 0.29) is 11.5 Å². The molecule has 0 saturated heterocycles. The first kappa shape index (κ1) is 11.9. The van der Waals surface area contributed by atoms with Gasteiger partial charge in [-0.3, -0.25) is 0 Å². The van der Waals surface area contributed by atoms with Crippen LogP contribution in [0, 0.1) is 11.3 Å². The van der Waals surface area contributed by atoms with Crippen molar-refractivity contribution in [1.29, 1.82) is 0 Å². The van der Waals surface area contributed by atoms with Gasteiger partial charge in [0.15, 0.2) is 0 Å². The van der Waals surface area contributed by atoms with E-state index in [2.05, 4.69) is 13.8 Å². The molecule has 0 radical (unpaired) electrons. The third-order valence-corrected chi connectivity index (χ3v) is 1.73. The van der Waals surface area contributed by atoms with Crippen LogP contribution in [-0.4, -0.2) is 24.4 Å². The van der Waals surface area contributed by atoms with Gasteiger partial charge in [0.25, 0.3) is 0 Å². The third kappa shape index (κ3) is 5.56. The van der Waals surface area contributed by atoms with Gasteiger partial charge < -0.3 is 9.84 Å². The Kier molecular flexibility index (Phi) is 4.80. The predicted octanol–water partition coefficient (Wildman–Crippen LogP) is 2.07. The van der Waals surface area contributed by atoms with Gasteiger partial charge in [0.2, 0.25) is 0 Å². The van der Waals surface area contributed by atoms with Gasteiger partial charge in [-0.25, -0.2) is 0 Å². The van der Waals surface area contributed by atoms with E-state index in [1.54, 1.807) is 0 Å². The smallest absolute Gasteiger partial charge is 0.0821 e. The minimum absolute atomic E-state index is 0.0724. The average Bonchev–Trinajstić information content (AvgIpc) is 1.84. The highest BCUT2D eigenvalue weighted by Gasteiger charge is 2.21.